The molecule has 0 unspecified atom stereocenters. The summed E-state index contributed by atoms with van der Waals surface area (Å²) in [5.41, 5.74) is 11.1. The summed E-state index contributed by atoms with van der Waals surface area (Å²) in [5.74, 6) is -0.725. The van der Waals surface area contributed by atoms with Crippen LogP contribution in [-0.4, -0.2) is 61.4 Å². The quantitative estimate of drug-likeness (QED) is 0.172. The number of aryl methyl sites for hydroxylation is 5. The minimum atomic E-state index is -0.636. The number of anilines is 2. The number of carbonyl (C=O) groups is 3. The largest absolute Gasteiger partial charge is 0.366 e. The standard InChI is InChI=1S/C32H38N12O3/c1-8-43-24(14-19(5)39-43)29(46)37-31-35-21(7)26(18(3)4)41(31)12-10-11-13-42-28-23(16-22(17-34-28)27(33)45)36-32(42)38-30(47)25-15-20(6)40-44(25)9-2/h10-11,14-17H,3,8-9,12-13H2,1-2,4-7H3,(H2,33,45)(H,35,37,46)(H,36,38,47)/b11-10+. The molecule has 47 heavy (non-hydrogen) atoms. The number of allylic oxidation sites excluding steroid dienone is 3. The van der Waals surface area contributed by atoms with E-state index in [1.54, 1.807) is 26.1 Å². The zero-order valence-electron chi connectivity index (χ0n) is 27.3. The van der Waals surface area contributed by atoms with E-state index in [1.807, 2.05) is 58.3 Å². The maximum absolute atomic E-state index is 13.3. The number of carbonyl (C=O) groups excluding carboxylic acids is 3. The van der Waals surface area contributed by atoms with Gasteiger partial charge < -0.3 is 10.3 Å². The summed E-state index contributed by atoms with van der Waals surface area (Å²) in [5, 5.41) is 14.6. The monoisotopic (exact) mass is 638 g/mol. The van der Waals surface area contributed by atoms with Crippen LogP contribution in [0.5, 0.6) is 0 Å². The second-order valence-corrected chi connectivity index (χ2v) is 11.1. The highest BCUT2D eigenvalue weighted by molar-refractivity contribution is 6.03. The molecule has 244 valence electrons. The molecule has 0 atom stereocenters. The lowest BCUT2D eigenvalue weighted by Gasteiger charge is -2.12. The number of aromatic nitrogens is 9. The van der Waals surface area contributed by atoms with E-state index in [1.165, 1.54) is 12.3 Å². The molecule has 15 heteroatoms. The third kappa shape index (κ3) is 6.59. The molecule has 0 aliphatic rings. The Kier molecular flexibility index (Phi) is 9.17. The number of primary amides is 1. The number of rotatable bonds is 12. The van der Waals surface area contributed by atoms with Crippen molar-refractivity contribution in [3.63, 3.8) is 0 Å². The second kappa shape index (κ2) is 13.2. The Bertz CT molecular complexity index is 2060. The van der Waals surface area contributed by atoms with Crippen molar-refractivity contribution in [1.82, 2.24) is 43.6 Å². The fourth-order valence-corrected chi connectivity index (χ4v) is 5.43. The van der Waals surface area contributed by atoms with Crippen LogP contribution in [0, 0.1) is 20.8 Å². The molecule has 0 aliphatic heterocycles. The highest BCUT2D eigenvalue weighted by atomic mass is 16.2. The van der Waals surface area contributed by atoms with Gasteiger partial charge in [-0.05, 0) is 65.3 Å². The molecule has 0 radical (unpaired) electrons. The van der Waals surface area contributed by atoms with E-state index in [0.29, 0.717) is 53.8 Å². The van der Waals surface area contributed by atoms with Gasteiger partial charge in [-0.3, -0.25) is 38.9 Å². The zero-order valence-corrected chi connectivity index (χ0v) is 27.3. The fraction of sp³-hybridized carbons (Fsp3) is 0.312. The Morgan fingerprint density at radius 1 is 0.851 bits per heavy atom. The van der Waals surface area contributed by atoms with Crippen molar-refractivity contribution in [2.24, 2.45) is 5.73 Å². The van der Waals surface area contributed by atoms with Crippen LogP contribution in [-0.2, 0) is 26.2 Å². The van der Waals surface area contributed by atoms with Gasteiger partial charge in [0.1, 0.15) is 16.9 Å². The van der Waals surface area contributed by atoms with Crippen molar-refractivity contribution in [2.45, 2.75) is 67.7 Å². The van der Waals surface area contributed by atoms with E-state index < -0.39 is 5.91 Å². The minimum absolute atomic E-state index is 0.199. The molecule has 0 aliphatic carbocycles. The van der Waals surface area contributed by atoms with Crippen LogP contribution in [0.1, 0.15) is 74.9 Å². The summed E-state index contributed by atoms with van der Waals surface area (Å²) < 4.78 is 6.87. The van der Waals surface area contributed by atoms with Gasteiger partial charge in [0.05, 0.1) is 28.3 Å². The number of nitrogens with zero attached hydrogens (tertiary/aromatic N) is 9. The number of nitrogens with one attached hydrogen (secondary N) is 2. The molecule has 5 aromatic heterocycles. The first kappa shape index (κ1) is 32.5. The predicted octanol–water partition coefficient (Wildman–Crippen LogP) is 3.88. The summed E-state index contributed by atoms with van der Waals surface area (Å²) in [6.45, 7) is 17.0. The highest BCUT2D eigenvalue weighted by Gasteiger charge is 2.21. The smallest absolute Gasteiger partial charge is 0.276 e. The number of hydrogen-bond donors (Lipinski definition) is 3. The maximum Gasteiger partial charge on any atom is 0.276 e. The number of imidazole rings is 2. The lowest BCUT2D eigenvalue weighted by atomic mass is 10.2. The molecule has 0 aromatic carbocycles. The van der Waals surface area contributed by atoms with E-state index in [2.05, 4.69) is 42.4 Å². The highest BCUT2D eigenvalue weighted by Crippen LogP contribution is 2.24. The Labute approximate surface area is 271 Å². The number of amides is 3. The van der Waals surface area contributed by atoms with E-state index in [9.17, 15) is 14.4 Å². The molecule has 0 bridgehead atoms. The van der Waals surface area contributed by atoms with Crippen LogP contribution >= 0.6 is 0 Å². The average molecular weight is 639 g/mol. The Balaban J connectivity index is 1.44. The van der Waals surface area contributed by atoms with E-state index in [0.717, 1.165) is 22.7 Å². The summed E-state index contributed by atoms with van der Waals surface area (Å²) in [6.07, 6.45) is 5.18. The van der Waals surface area contributed by atoms with Crippen molar-refractivity contribution in [3.8, 4) is 0 Å². The minimum Gasteiger partial charge on any atom is -0.366 e. The molecule has 5 aromatic rings. The zero-order chi connectivity index (χ0) is 34.0. The van der Waals surface area contributed by atoms with Crippen LogP contribution in [0.3, 0.4) is 0 Å². The maximum atomic E-state index is 13.3. The van der Waals surface area contributed by atoms with Gasteiger partial charge in [-0.25, -0.2) is 15.0 Å². The molecule has 0 spiro atoms. The van der Waals surface area contributed by atoms with Gasteiger partial charge in [0.2, 0.25) is 17.8 Å². The van der Waals surface area contributed by atoms with Crippen LogP contribution < -0.4 is 16.4 Å². The molecule has 0 saturated heterocycles. The first-order chi connectivity index (χ1) is 22.4. The SMILES string of the molecule is C=C(C)c1c(C)nc(NC(=O)c2cc(C)nn2CC)n1C/C=C/Cn1c(NC(=O)c2cc(C)nn2CC)nc2cc(C(N)=O)cnc21. The topological polar surface area (TPSA) is 185 Å². The lowest BCUT2D eigenvalue weighted by Crippen LogP contribution is -2.20. The third-order valence-corrected chi connectivity index (χ3v) is 7.48. The van der Waals surface area contributed by atoms with Gasteiger partial charge in [-0.2, -0.15) is 10.2 Å². The van der Waals surface area contributed by atoms with E-state index >= 15 is 0 Å². The van der Waals surface area contributed by atoms with Crippen LogP contribution in [0.15, 0.2) is 43.1 Å². The van der Waals surface area contributed by atoms with Gasteiger partial charge in [0.15, 0.2) is 5.65 Å². The van der Waals surface area contributed by atoms with Crippen molar-refractivity contribution in [1.29, 1.82) is 0 Å². The first-order valence-corrected chi connectivity index (χ1v) is 15.2. The summed E-state index contributed by atoms with van der Waals surface area (Å²) in [7, 11) is 0. The van der Waals surface area contributed by atoms with Gasteiger partial charge in [0, 0.05) is 32.4 Å². The molecular formula is C32H38N12O3. The summed E-state index contributed by atoms with van der Waals surface area (Å²) >= 11 is 0. The number of fused-ring (bicyclic) bond motifs is 1. The molecule has 0 fully saturated rings. The van der Waals surface area contributed by atoms with Crippen LogP contribution in [0.4, 0.5) is 11.9 Å². The Morgan fingerprint density at radius 3 is 1.89 bits per heavy atom. The van der Waals surface area contributed by atoms with Crippen LogP contribution in [0.2, 0.25) is 0 Å². The normalized spacial score (nSPS) is 11.4. The molecular weight excluding hydrogens is 600 g/mol. The third-order valence-electron chi connectivity index (χ3n) is 7.48. The Morgan fingerprint density at radius 2 is 1.38 bits per heavy atom. The summed E-state index contributed by atoms with van der Waals surface area (Å²) in [6, 6.07) is 4.98. The van der Waals surface area contributed by atoms with Crippen molar-refractivity contribution in [3.05, 3.63) is 82.9 Å². The van der Waals surface area contributed by atoms with Gasteiger partial charge in [-0.15, -0.1) is 0 Å². The van der Waals surface area contributed by atoms with Crippen molar-refractivity contribution < 1.29 is 14.4 Å². The number of nitrogens with two attached hydrogens (primary N) is 1. The van der Waals surface area contributed by atoms with Gasteiger partial charge in [0.25, 0.3) is 11.8 Å². The van der Waals surface area contributed by atoms with Gasteiger partial charge in [-0.1, -0.05) is 18.7 Å². The fourth-order valence-electron chi connectivity index (χ4n) is 5.43. The number of hydrogen-bond acceptors (Lipinski definition) is 8. The molecule has 4 N–H and O–H groups in total. The molecule has 0 saturated carbocycles. The second-order valence-electron chi connectivity index (χ2n) is 11.1. The molecule has 5 heterocycles. The lowest BCUT2D eigenvalue weighted by molar-refractivity contribution is 0.0994. The van der Waals surface area contributed by atoms with E-state index in [4.69, 9.17) is 5.73 Å². The average Bonchev–Trinajstić information content (AvgIpc) is 3.77. The first-order valence-electron chi connectivity index (χ1n) is 15.2. The number of pyridine rings is 1. The van der Waals surface area contributed by atoms with Crippen LogP contribution in [0.25, 0.3) is 16.7 Å². The molecule has 5 rings (SSSR count). The summed E-state index contributed by atoms with van der Waals surface area (Å²) in [4.78, 5) is 52.0. The molecule has 15 nitrogen and oxygen atoms in total. The van der Waals surface area contributed by atoms with E-state index in [-0.39, 0.29) is 29.9 Å². The Hall–Kier alpha value is -5.86. The molecule has 3 amide bonds. The van der Waals surface area contributed by atoms with Gasteiger partial charge >= 0.3 is 0 Å². The predicted molar refractivity (Wildman–Crippen MR) is 178 cm³/mol. The van der Waals surface area contributed by atoms with Crippen molar-refractivity contribution in [2.75, 3.05) is 10.6 Å². The van der Waals surface area contributed by atoms with Crippen molar-refractivity contribution >= 4 is 46.4 Å².